The van der Waals surface area contributed by atoms with E-state index in [0.717, 1.165) is 60.5 Å². The molecule has 160 valence electrons. The van der Waals surface area contributed by atoms with Gasteiger partial charge in [0.05, 0.1) is 20.8 Å². The molecule has 1 aliphatic carbocycles. The zero-order valence-corrected chi connectivity index (χ0v) is 17.8. The van der Waals surface area contributed by atoms with Crippen LogP contribution in [0.25, 0.3) is 0 Å². The Morgan fingerprint density at radius 1 is 0.933 bits per heavy atom. The number of carbonyl (C=O) groups excluding carboxylic acids is 1. The van der Waals surface area contributed by atoms with E-state index in [0.29, 0.717) is 13.1 Å². The van der Waals surface area contributed by atoms with Crippen molar-refractivity contribution < 1.29 is 19.0 Å². The van der Waals surface area contributed by atoms with Gasteiger partial charge in [-0.1, -0.05) is 0 Å². The van der Waals surface area contributed by atoms with E-state index >= 15 is 0 Å². The summed E-state index contributed by atoms with van der Waals surface area (Å²) >= 11 is 0. The molecule has 2 fully saturated rings. The molecule has 0 radical (unpaired) electrons. The minimum atomic E-state index is 0.0855. The van der Waals surface area contributed by atoms with Crippen molar-refractivity contribution in [3.05, 3.63) is 53.6 Å². The molecule has 0 unspecified atom stereocenters. The van der Waals surface area contributed by atoms with Crippen molar-refractivity contribution >= 4 is 5.91 Å². The number of hydrogen-bond acceptors (Lipinski definition) is 5. The Labute approximate surface area is 178 Å². The van der Waals surface area contributed by atoms with Crippen LogP contribution in [0.5, 0.6) is 17.2 Å². The highest BCUT2D eigenvalue weighted by Gasteiger charge is 2.24. The standard InChI is InChI=1S/C24H30N2O4/c1-28-22-9-10-23(29-2)20(15-22)16-25-11-13-26(14-12-25)24(27)19-5-7-21(8-6-19)30-17-18-3-4-18/h5-10,15,18H,3-4,11-14,16-17H2,1-2H3. The van der Waals surface area contributed by atoms with Gasteiger partial charge < -0.3 is 19.1 Å². The van der Waals surface area contributed by atoms with E-state index in [-0.39, 0.29) is 5.91 Å². The quantitative estimate of drug-likeness (QED) is 0.667. The van der Waals surface area contributed by atoms with E-state index in [4.69, 9.17) is 14.2 Å². The third-order valence-corrected chi connectivity index (χ3v) is 5.82. The van der Waals surface area contributed by atoms with E-state index in [1.807, 2.05) is 47.4 Å². The van der Waals surface area contributed by atoms with Crippen LogP contribution in [-0.2, 0) is 6.54 Å². The summed E-state index contributed by atoms with van der Waals surface area (Å²) in [5.74, 6) is 3.33. The van der Waals surface area contributed by atoms with E-state index < -0.39 is 0 Å². The molecular weight excluding hydrogens is 380 g/mol. The fraction of sp³-hybridized carbons (Fsp3) is 0.458. The lowest BCUT2D eigenvalue weighted by Gasteiger charge is -2.35. The Kier molecular flexibility index (Phi) is 6.43. The van der Waals surface area contributed by atoms with Crippen LogP contribution in [0, 0.1) is 5.92 Å². The molecule has 0 atom stereocenters. The molecule has 2 aromatic carbocycles. The molecule has 1 saturated heterocycles. The van der Waals surface area contributed by atoms with Crippen LogP contribution in [0.15, 0.2) is 42.5 Å². The molecule has 0 bridgehead atoms. The molecule has 0 aromatic heterocycles. The smallest absolute Gasteiger partial charge is 0.253 e. The first-order valence-corrected chi connectivity index (χ1v) is 10.6. The normalized spacial score (nSPS) is 16.9. The number of methoxy groups -OCH3 is 2. The van der Waals surface area contributed by atoms with Crippen molar-refractivity contribution in [3.63, 3.8) is 0 Å². The number of nitrogens with zero attached hydrogens (tertiary/aromatic N) is 2. The predicted octanol–water partition coefficient (Wildman–Crippen LogP) is 3.45. The number of rotatable bonds is 8. The van der Waals surface area contributed by atoms with Crippen molar-refractivity contribution in [1.82, 2.24) is 9.80 Å². The maximum atomic E-state index is 12.9. The molecule has 1 amide bonds. The summed E-state index contributed by atoms with van der Waals surface area (Å²) in [4.78, 5) is 17.1. The second-order valence-electron chi connectivity index (χ2n) is 8.02. The first-order chi connectivity index (χ1) is 14.7. The molecule has 2 aliphatic rings. The van der Waals surface area contributed by atoms with Crippen molar-refractivity contribution in [2.45, 2.75) is 19.4 Å². The lowest BCUT2D eigenvalue weighted by atomic mass is 10.1. The van der Waals surface area contributed by atoms with Crippen LogP contribution in [0.3, 0.4) is 0 Å². The SMILES string of the molecule is COc1ccc(OC)c(CN2CCN(C(=O)c3ccc(OCC4CC4)cc3)CC2)c1. The highest BCUT2D eigenvalue weighted by atomic mass is 16.5. The van der Waals surface area contributed by atoms with Crippen molar-refractivity contribution in [2.75, 3.05) is 47.0 Å². The summed E-state index contributed by atoms with van der Waals surface area (Å²) in [5, 5.41) is 0. The van der Waals surface area contributed by atoms with E-state index in [1.165, 1.54) is 12.8 Å². The van der Waals surface area contributed by atoms with Crippen LogP contribution in [-0.4, -0.2) is 62.7 Å². The molecule has 6 nitrogen and oxygen atoms in total. The molecule has 6 heteroatoms. The maximum Gasteiger partial charge on any atom is 0.253 e. The third kappa shape index (κ3) is 5.05. The number of piperazine rings is 1. The molecule has 4 rings (SSSR count). The predicted molar refractivity (Wildman–Crippen MR) is 115 cm³/mol. The van der Waals surface area contributed by atoms with Gasteiger partial charge in [0, 0.05) is 43.9 Å². The largest absolute Gasteiger partial charge is 0.497 e. The fourth-order valence-electron chi connectivity index (χ4n) is 3.73. The molecule has 30 heavy (non-hydrogen) atoms. The summed E-state index contributed by atoms with van der Waals surface area (Å²) in [5.41, 5.74) is 1.81. The number of hydrogen-bond donors (Lipinski definition) is 0. The first kappa shape index (κ1) is 20.5. The second kappa shape index (κ2) is 9.39. The Bertz CT molecular complexity index is 856. The van der Waals surface area contributed by atoms with Gasteiger partial charge in [-0.25, -0.2) is 0 Å². The highest BCUT2D eigenvalue weighted by Crippen LogP contribution is 2.29. The number of benzene rings is 2. The van der Waals surface area contributed by atoms with Crippen molar-refractivity contribution in [1.29, 1.82) is 0 Å². The summed E-state index contributed by atoms with van der Waals surface area (Å²) in [6.07, 6.45) is 2.54. The third-order valence-electron chi connectivity index (χ3n) is 5.82. The Morgan fingerprint density at radius 3 is 2.27 bits per heavy atom. The van der Waals surface area contributed by atoms with Crippen LogP contribution in [0.1, 0.15) is 28.8 Å². The molecular formula is C24H30N2O4. The lowest BCUT2D eigenvalue weighted by molar-refractivity contribution is 0.0627. The molecule has 0 N–H and O–H groups in total. The highest BCUT2D eigenvalue weighted by molar-refractivity contribution is 5.94. The zero-order valence-electron chi connectivity index (χ0n) is 17.8. The molecule has 1 heterocycles. The summed E-state index contributed by atoms with van der Waals surface area (Å²) in [6, 6.07) is 13.4. The Hall–Kier alpha value is -2.73. The maximum absolute atomic E-state index is 12.9. The van der Waals surface area contributed by atoms with E-state index in [9.17, 15) is 4.79 Å². The number of carbonyl (C=O) groups is 1. The van der Waals surface area contributed by atoms with Crippen LogP contribution >= 0.6 is 0 Å². The zero-order chi connectivity index (χ0) is 20.9. The fourth-order valence-corrected chi connectivity index (χ4v) is 3.73. The van der Waals surface area contributed by atoms with E-state index in [1.54, 1.807) is 14.2 Å². The first-order valence-electron chi connectivity index (χ1n) is 10.6. The average Bonchev–Trinajstić information content (AvgIpc) is 3.62. The minimum absolute atomic E-state index is 0.0855. The van der Waals surface area contributed by atoms with Crippen LogP contribution < -0.4 is 14.2 Å². The molecule has 1 aliphatic heterocycles. The Morgan fingerprint density at radius 2 is 1.63 bits per heavy atom. The molecule has 0 spiro atoms. The summed E-state index contributed by atoms with van der Waals surface area (Å²) in [7, 11) is 3.35. The van der Waals surface area contributed by atoms with Gasteiger partial charge in [0.1, 0.15) is 17.2 Å². The van der Waals surface area contributed by atoms with Gasteiger partial charge in [0.25, 0.3) is 5.91 Å². The Balaban J connectivity index is 1.30. The van der Waals surface area contributed by atoms with Gasteiger partial charge in [-0.05, 0) is 61.2 Å². The van der Waals surface area contributed by atoms with E-state index in [2.05, 4.69) is 4.90 Å². The lowest BCUT2D eigenvalue weighted by Crippen LogP contribution is -2.48. The van der Waals surface area contributed by atoms with Gasteiger partial charge in [0.2, 0.25) is 0 Å². The number of ether oxygens (including phenoxy) is 3. The van der Waals surface area contributed by atoms with Crippen molar-refractivity contribution in [3.8, 4) is 17.2 Å². The number of amides is 1. The minimum Gasteiger partial charge on any atom is -0.497 e. The topological polar surface area (TPSA) is 51.2 Å². The van der Waals surface area contributed by atoms with Crippen LogP contribution in [0.4, 0.5) is 0 Å². The summed E-state index contributed by atoms with van der Waals surface area (Å²) < 4.78 is 16.6. The summed E-state index contributed by atoms with van der Waals surface area (Å²) in [6.45, 7) is 4.64. The van der Waals surface area contributed by atoms with Gasteiger partial charge in [-0.3, -0.25) is 9.69 Å². The average molecular weight is 411 g/mol. The second-order valence-corrected chi connectivity index (χ2v) is 8.02. The molecule has 1 saturated carbocycles. The van der Waals surface area contributed by atoms with Gasteiger partial charge >= 0.3 is 0 Å². The monoisotopic (exact) mass is 410 g/mol. The molecule has 2 aromatic rings. The van der Waals surface area contributed by atoms with Crippen LogP contribution in [0.2, 0.25) is 0 Å². The van der Waals surface area contributed by atoms with Crippen molar-refractivity contribution in [2.24, 2.45) is 5.92 Å². The van der Waals surface area contributed by atoms with Gasteiger partial charge in [-0.2, -0.15) is 0 Å². The van der Waals surface area contributed by atoms with Gasteiger partial charge in [0.15, 0.2) is 0 Å². The van der Waals surface area contributed by atoms with Gasteiger partial charge in [-0.15, -0.1) is 0 Å².